The average Bonchev–Trinajstić information content (AvgIpc) is 3.72. The molecule has 2 aliphatic heterocycles. The summed E-state index contributed by atoms with van der Waals surface area (Å²) in [6, 6.07) is 6.93. The van der Waals surface area contributed by atoms with E-state index in [2.05, 4.69) is 28.8 Å². The second-order valence-corrected chi connectivity index (χ2v) is 11.3. The minimum Gasteiger partial charge on any atom is -0.493 e. The normalized spacial score (nSPS) is 22.2. The number of fused-ring (bicyclic) bond motifs is 6. The minimum atomic E-state index is 0.120. The summed E-state index contributed by atoms with van der Waals surface area (Å²) in [5.41, 5.74) is 10.0. The van der Waals surface area contributed by atoms with Gasteiger partial charge in [-0.3, -0.25) is 9.59 Å². The van der Waals surface area contributed by atoms with Crippen molar-refractivity contribution in [3.63, 3.8) is 0 Å². The van der Waals surface area contributed by atoms with Gasteiger partial charge in [0, 0.05) is 61.4 Å². The molecule has 38 heavy (non-hydrogen) atoms. The Bertz CT molecular complexity index is 1250. The molecule has 0 spiro atoms. The molecule has 6 heteroatoms. The van der Waals surface area contributed by atoms with Crippen molar-refractivity contribution >= 4 is 11.8 Å². The molecule has 6 rings (SSSR count). The maximum atomic E-state index is 11.9. The van der Waals surface area contributed by atoms with Crippen LogP contribution in [0, 0.1) is 0 Å². The van der Waals surface area contributed by atoms with Gasteiger partial charge in [-0.1, -0.05) is 26.0 Å². The van der Waals surface area contributed by atoms with Gasteiger partial charge in [0.15, 0.2) is 0 Å². The Morgan fingerprint density at radius 3 is 2.32 bits per heavy atom. The molecule has 3 atom stereocenters. The van der Waals surface area contributed by atoms with Crippen molar-refractivity contribution in [1.29, 1.82) is 0 Å². The summed E-state index contributed by atoms with van der Waals surface area (Å²) in [5.74, 6) is 3.63. The van der Waals surface area contributed by atoms with Crippen LogP contribution in [0.25, 0.3) is 0 Å². The smallest absolute Gasteiger partial charge is 0.219 e. The molecule has 2 aromatic carbocycles. The highest BCUT2D eigenvalue weighted by atomic mass is 16.5. The molecule has 0 saturated heterocycles. The van der Waals surface area contributed by atoms with Crippen molar-refractivity contribution < 1.29 is 19.1 Å². The Kier molecular flexibility index (Phi) is 7.07. The molecule has 202 valence electrons. The van der Waals surface area contributed by atoms with Gasteiger partial charge in [0.1, 0.15) is 11.5 Å². The molecule has 0 bridgehead atoms. The summed E-state index contributed by atoms with van der Waals surface area (Å²) in [4.78, 5) is 23.7. The molecule has 2 heterocycles. The van der Waals surface area contributed by atoms with Gasteiger partial charge in [0.25, 0.3) is 0 Å². The van der Waals surface area contributed by atoms with E-state index < -0.39 is 0 Å². The van der Waals surface area contributed by atoms with Crippen LogP contribution in [0.5, 0.6) is 11.5 Å². The van der Waals surface area contributed by atoms with Crippen molar-refractivity contribution in [2.75, 3.05) is 26.3 Å². The molecule has 0 radical (unpaired) electrons. The van der Waals surface area contributed by atoms with E-state index in [1.807, 2.05) is 13.8 Å². The molecule has 2 N–H and O–H groups in total. The van der Waals surface area contributed by atoms with E-state index in [1.165, 1.54) is 38.9 Å². The van der Waals surface area contributed by atoms with E-state index in [4.69, 9.17) is 9.47 Å². The average molecular weight is 517 g/mol. The van der Waals surface area contributed by atoms with Crippen LogP contribution >= 0.6 is 0 Å². The van der Waals surface area contributed by atoms with Gasteiger partial charge < -0.3 is 20.1 Å². The zero-order chi connectivity index (χ0) is 26.2. The summed E-state index contributed by atoms with van der Waals surface area (Å²) >= 11 is 0. The molecule has 2 aliphatic carbocycles. The van der Waals surface area contributed by atoms with Gasteiger partial charge in [-0.15, -0.1) is 0 Å². The monoisotopic (exact) mass is 516 g/mol. The fraction of sp³-hybridized carbons (Fsp3) is 0.562. The Morgan fingerprint density at radius 1 is 0.842 bits per heavy atom. The van der Waals surface area contributed by atoms with E-state index in [1.54, 1.807) is 0 Å². The SMILES string of the molecule is CCC(=O)NCC[C@@H]1CCc2cc([C@H]3C[C@@H](CCNC(=O)CC)c4c3ccc3c4CCO3)c3c(c21)CCO3. The zero-order valence-corrected chi connectivity index (χ0v) is 22.8. The molecule has 0 fully saturated rings. The molecule has 6 nitrogen and oxygen atoms in total. The lowest BCUT2D eigenvalue weighted by atomic mass is 9.84. The summed E-state index contributed by atoms with van der Waals surface area (Å²) in [6.45, 7) is 6.77. The van der Waals surface area contributed by atoms with E-state index in [0.717, 1.165) is 76.2 Å². The molecule has 4 aliphatic rings. The molecule has 0 aromatic heterocycles. The summed E-state index contributed by atoms with van der Waals surface area (Å²) in [6.07, 6.45) is 8.26. The first-order chi connectivity index (χ1) is 18.6. The number of carbonyl (C=O) groups is 2. The molecular formula is C32H40N2O4. The maximum Gasteiger partial charge on any atom is 0.219 e. The highest BCUT2D eigenvalue weighted by Gasteiger charge is 2.40. The second kappa shape index (κ2) is 10.6. The Labute approximate surface area is 225 Å². The summed E-state index contributed by atoms with van der Waals surface area (Å²) in [7, 11) is 0. The number of ether oxygens (including phenoxy) is 2. The van der Waals surface area contributed by atoms with Gasteiger partial charge >= 0.3 is 0 Å². The second-order valence-electron chi connectivity index (χ2n) is 11.3. The van der Waals surface area contributed by atoms with E-state index in [0.29, 0.717) is 37.1 Å². The molecular weight excluding hydrogens is 476 g/mol. The molecule has 2 amide bonds. The van der Waals surface area contributed by atoms with Gasteiger partial charge in [0.05, 0.1) is 13.2 Å². The molecule has 2 aromatic rings. The number of nitrogens with one attached hydrogen (secondary N) is 2. The summed E-state index contributed by atoms with van der Waals surface area (Å²) in [5, 5.41) is 6.17. The fourth-order valence-electron chi connectivity index (χ4n) is 7.44. The topological polar surface area (TPSA) is 76.7 Å². The van der Waals surface area contributed by atoms with Crippen LogP contribution in [-0.4, -0.2) is 38.1 Å². The lowest BCUT2D eigenvalue weighted by molar-refractivity contribution is -0.121. The number of hydrogen-bond acceptors (Lipinski definition) is 4. The number of amides is 2. The van der Waals surface area contributed by atoms with Crippen molar-refractivity contribution in [2.24, 2.45) is 0 Å². The largest absolute Gasteiger partial charge is 0.493 e. The van der Waals surface area contributed by atoms with E-state index in [9.17, 15) is 9.59 Å². The van der Waals surface area contributed by atoms with Gasteiger partial charge in [0.2, 0.25) is 11.8 Å². The Hall–Kier alpha value is -3.02. The number of hydrogen-bond donors (Lipinski definition) is 2. The van der Waals surface area contributed by atoms with Gasteiger partial charge in [-0.2, -0.15) is 0 Å². The van der Waals surface area contributed by atoms with Crippen LogP contribution in [0.3, 0.4) is 0 Å². The van der Waals surface area contributed by atoms with Crippen LogP contribution in [-0.2, 0) is 28.9 Å². The highest BCUT2D eigenvalue weighted by Crippen LogP contribution is 2.55. The Balaban J connectivity index is 1.31. The first-order valence-corrected chi connectivity index (χ1v) is 14.7. The molecule has 0 saturated carbocycles. The third-order valence-electron chi connectivity index (χ3n) is 9.21. The van der Waals surface area contributed by atoms with Crippen molar-refractivity contribution in [3.05, 3.63) is 57.1 Å². The van der Waals surface area contributed by atoms with Crippen LogP contribution in [0.1, 0.15) is 109 Å². The van der Waals surface area contributed by atoms with E-state index >= 15 is 0 Å². The van der Waals surface area contributed by atoms with Crippen LogP contribution in [0.4, 0.5) is 0 Å². The summed E-state index contributed by atoms with van der Waals surface area (Å²) < 4.78 is 12.3. The lowest BCUT2D eigenvalue weighted by Crippen LogP contribution is -2.24. The number of carbonyl (C=O) groups excluding carboxylic acids is 2. The number of aryl methyl sites for hydroxylation is 1. The third-order valence-corrected chi connectivity index (χ3v) is 9.21. The number of rotatable bonds is 9. The first kappa shape index (κ1) is 25.3. The number of benzene rings is 2. The third kappa shape index (κ3) is 4.46. The van der Waals surface area contributed by atoms with E-state index in [-0.39, 0.29) is 11.8 Å². The van der Waals surface area contributed by atoms with Gasteiger partial charge in [-0.25, -0.2) is 0 Å². The predicted molar refractivity (Wildman–Crippen MR) is 147 cm³/mol. The predicted octanol–water partition coefficient (Wildman–Crippen LogP) is 5.04. The standard InChI is InChI=1S/C32H40N2O4/c1-3-28(35)33-13-9-19-5-6-20-18-26(32-24(30(19)20)12-16-38-32)25-17-21(10-14-34-29(36)4-2)31-22(25)7-8-27-23(31)11-15-37-27/h7-8,18-19,21,25H,3-6,9-17H2,1-2H3,(H,33,35)(H,34,36)/t19-,21+,25-/m0/s1. The van der Waals surface area contributed by atoms with Gasteiger partial charge in [-0.05, 0) is 72.3 Å². The van der Waals surface area contributed by atoms with Crippen molar-refractivity contribution in [2.45, 2.75) is 89.4 Å². The van der Waals surface area contributed by atoms with Crippen molar-refractivity contribution in [1.82, 2.24) is 10.6 Å². The van der Waals surface area contributed by atoms with Crippen LogP contribution in [0.2, 0.25) is 0 Å². The van der Waals surface area contributed by atoms with Crippen molar-refractivity contribution in [3.8, 4) is 11.5 Å². The lowest BCUT2D eigenvalue weighted by Gasteiger charge is -2.21. The van der Waals surface area contributed by atoms with Crippen LogP contribution in [0.15, 0.2) is 18.2 Å². The maximum absolute atomic E-state index is 11.9. The minimum absolute atomic E-state index is 0.120. The fourth-order valence-corrected chi connectivity index (χ4v) is 7.44. The quantitative estimate of drug-likeness (QED) is 0.490. The molecule has 0 unspecified atom stereocenters. The Morgan fingerprint density at radius 2 is 1.55 bits per heavy atom. The first-order valence-electron chi connectivity index (χ1n) is 14.7. The zero-order valence-electron chi connectivity index (χ0n) is 22.8. The van der Waals surface area contributed by atoms with Crippen LogP contribution < -0.4 is 20.1 Å². The highest BCUT2D eigenvalue weighted by molar-refractivity contribution is 5.75.